The van der Waals surface area contributed by atoms with Crippen LogP contribution in [-0.2, 0) is 74.4 Å². The van der Waals surface area contributed by atoms with E-state index in [2.05, 4.69) is 26.0 Å². The summed E-state index contributed by atoms with van der Waals surface area (Å²) in [6.07, 6.45) is 4.02. The summed E-state index contributed by atoms with van der Waals surface area (Å²) in [4.78, 5) is 84.0. The first-order valence-corrected chi connectivity index (χ1v) is 27.9. The number of aromatic amines is 1. The number of nitrogens with one attached hydrogen (secondary N) is 3. The fourth-order valence-corrected chi connectivity index (χ4v) is 9.19. The van der Waals surface area contributed by atoms with Gasteiger partial charge >= 0.3 is 5.97 Å². The number of nitrogens with zero attached hydrogens (tertiary/aromatic N) is 3. The number of ether oxygens (including phenoxy) is 4. The molecule has 0 unspecified atom stereocenters. The molecule has 4 aromatic rings. The minimum atomic E-state index is -3.92. The van der Waals surface area contributed by atoms with Gasteiger partial charge in [0.2, 0.25) is 11.8 Å². The Morgan fingerprint density at radius 3 is 1.97 bits per heavy atom. The average molecular weight is 1090 g/mol. The lowest BCUT2D eigenvalue weighted by Crippen LogP contribution is -2.57. The quantitative estimate of drug-likeness (QED) is 0.0177. The van der Waals surface area contributed by atoms with Crippen molar-refractivity contribution in [3.8, 4) is 11.5 Å². The molecule has 77 heavy (non-hydrogen) atoms. The number of esters is 1. The van der Waals surface area contributed by atoms with Gasteiger partial charge in [0, 0.05) is 42.9 Å². The fourth-order valence-electron chi connectivity index (χ4n) is 9.19. The van der Waals surface area contributed by atoms with E-state index >= 15 is 0 Å². The van der Waals surface area contributed by atoms with E-state index in [0.29, 0.717) is 87.3 Å². The molecule has 3 aromatic carbocycles. The molecule has 2 fully saturated rings. The lowest BCUT2D eigenvalue weighted by atomic mass is 9.87. The third-order valence-electron chi connectivity index (χ3n) is 13.3. The van der Waals surface area contributed by atoms with E-state index in [0.717, 1.165) is 16.7 Å². The predicted octanol–water partition coefficient (Wildman–Crippen LogP) is 6.29. The standard InChI is InChI=1S/C55H72N6O10.CH4O3S.CH4/c1-7-51(64)71-49-21-19-41(29-50(49)69-35-44-32-56-60-59-44)33-61(22-24-68-25-23-61)34-45(62)30-42(20-18-39-14-10-8-11-15-39)53(66)57-46(26-37(2)3)48(63)31-43(28-40-16-12-9-13-17-40)54(67)58-47(27-38(4)5)52(65)55(6)36-70-55;1-5(2,3)4;/h8-17,19,21,29,32,37-38,42-43,46-47H,7,18,20,22-28,30-31,33-36H2,1-6H3,(H2-,56,57,58,59,60,66,67);1H3,(H,2,3,4);1H4/t42-,43-,46+,47+,55-;;/m1../s1. The van der Waals surface area contributed by atoms with Gasteiger partial charge < -0.3 is 38.6 Å². The number of H-pyrrole nitrogens is 1. The van der Waals surface area contributed by atoms with Crippen LogP contribution in [0.2, 0.25) is 0 Å². The van der Waals surface area contributed by atoms with Crippen molar-refractivity contribution in [2.24, 2.45) is 23.7 Å². The molecule has 6 rings (SSSR count). The average Bonchev–Trinajstić information content (AvgIpc) is 3.90. The van der Waals surface area contributed by atoms with Crippen molar-refractivity contribution in [1.29, 1.82) is 0 Å². The minimum absolute atomic E-state index is 0. The van der Waals surface area contributed by atoms with Gasteiger partial charge in [0.25, 0.3) is 0 Å². The Labute approximate surface area is 454 Å². The van der Waals surface area contributed by atoms with Gasteiger partial charge in [-0.05, 0) is 80.2 Å². The number of rotatable bonds is 29. The molecule has 1 aromatic heterocycles. The van der Waals surface area contributed by atoms with Crippen molar-refractivity contribution in [3.05, 3.63) is 107 Å². The molecule has 0 saturated carbocycles. The molecule has 0 bridgehead atoms. The first-order chi connectivity index (χ1) is 36.0. The zero-order chi connectivity index (χ0) is 55.5. The zero-order valence-corrected chi connectivity index (χ0v) is 45.7. The number of hydrogen-bond donors (Lipinski definition) is 3. The van der Waals surface area contributed by atoms with E-state index in [1.54, 1.807) is 26.1 Å². The molecule has 19 nitrogen and oxygen atoms in total. The Hall–Kier alpha value is -6.19. The van der Waals surface area contributed by atoms with Crippen LogP contribution < -0.4 is 20.1 Å². The summed E-state index contributed by atoms with van der Waals surface area (Å²) in [5, 5.41) is 16.6. The maximum absolute atomic E-state index is 14.7. The Balaban J connectivity index is 0.00000204. The van der Waals surface area contributed by atoms with Gasteiger partial charge in [0.1, 0.15) is 44.1 Å². The van der Waals surface area contributed by atoms with Crippen LogP contribution in [0.5, 0.6) is 11.5 Å². The lowest BCUT2D eigenvalue weighted by molar-refractivity contribution is -0.940. The summed E-state index contributed by atoms with van der Waals surface area (Å²) in [5.74, 6) is -2.63. The van der Waals surface area contributed by atoms with Crippen molar-refractivity contribution in [3.63, 3.8) is 0 Å². The second kappa shape index (κ2) is 30.1. The molecule has 422 valence electrons. The van der Waals surface area contributed by atoms with Gasteiger partial charge in [-0.25, -0.2) is 8.42 Å². The highest BCUT2D eigenvalue weighted by molar-refractivity contribution is 7.84. The number of ketones is 3. The molecule has 0 spiro atoms. The normalized spacial score (nSPS) is 17.3. The first-order valence-electron chi connectivity index (χ1n) is 26.1. The van der Waals surface area contributed by atoms with E-state index in [1.807, 2.05) is 100 Å². The van der Waals surface area contributed by atoms with E-state index < -0.39 is 57.4 Å². The summed E-state index contributed by atoms with van der Waals surface area (Å²) in [6.45, 7) is 14.3. The molecule has 0 aliphatic carbocycles. The Morgan fingerprint density at radius 1 is 0.818 bits per heavy atom. The summed E-state index contributed by atoms with van der Waals surface area (Å²) in [5.41, 5.74) is 2.36. The maximum atomic E-state index is 14.7. The van der Waals surface area contributed by atoms with Crippen LogP contribution in [0.1, 0.15) is 110 Å². The molecule has 2 aliphatic rings. The van der Waals surface area contributed by atoms with Gasteiger partial charge in [-0.3, -0.25) is 28.8 Å². The highest BCUT2D eigenvalue weighted by atomic mass is 32.2. The second-order valence-corrected chi connectivity index (χ2v) is 22.5. The molecule has 3 N–H and O–H groups in total. The van der Waals surface area contributed by atoms with Crippen LogP contribution >= 0.6 is 0 Å². The number of Topliss-reactive ketones (excluding diaryl/α,β-unsaturated/α-hetero) is 3. The first kappa shape index (κ1) is 63.3. The van der Waals surface area contributed by atoms with Crippen molar-refractivity contribution in [1.82, 2.24) is 26.0 Å². The zero-order valence-electron chi connectivity index (χ0n) is 44.9. The van der Waals surface area contributed by atoms with E-state index in [1.165, 1.54) is 0 Å². The Kier molecular flexibility index (Phi) is 24.8. The monoisotopic (exact) mass is 1090 g/mol. The summed E-state index contributed by atoms with van der Waals surface area (Å²) < 4.78 is 50.6. The molecule has 3 heterocycles. The molecular formula is C57H80N6O13S. The van der Waals surface area contributed by atoms with Crippen LogP contribution in [-0.4, -0.2) is 131 Å². The van der Waals surface area contributed by atoms with Gasteiger partial charge in [-0.1, -0.05) is 103 Å². The molecule has 0 radical (unpaired) electrons. The molecule has 2 saturated heterocycles. The van der Waals surface area contributed by atoms with Crippen LogP contribution in [0, 0.1) is 23.7 Å². The van der Waals surface area contributed by atoms with Crippen molar-refractivity contribution in [2.75, 3.05) is 45.7 Å². The topological polar surface area (TPSA) is 265 Å². The number of epoxide rings is 1. The van der Waals surface area contributed by atoms with Crippen LogP contribution in [0.4, 0.5) is 0 Å². The van der Waals surface area contributed by atoms with Gasteiger partial charge in [0.15, 0.2) is 28.8 Å². The Bertz CT molecular complexity index is 2630. The van der Waals surface area contributed by atoms with Crippen LogP contribution in [0.25, 0.3) is 0 Å². The smallest absolute Gasteiger partial charge is 0.311 e. The van der Waals surface area contributed by atoms with Crippen LogP contribution in [0.15, 0.2) is 85.1 Å². The Morgan fingerprint density at radius 2 is 1.40 bits per heavy atom. The van der Waals surface area contributed by atoms with Crippen molar-refractivity contribution in [2.45, 2.75) is 131 Å². The van der Waals surface area contributed by atoms with Gasteiger partial charge in [-0.15, -0.1) is 0 Å². The predicted molar refractivity (Wildman–Crippen MR) is 288 cm³/mol. The van der Waals surface area contributed by atoms with E-state index in [4.69, 9.17) is 31.9 Å². The number of carbonyl (C=O) groups excluding carboxylic acids is 6. The van der Waals surface area contributed by atoms with E-state index in [9.17, 15) is 28.8 Å². The molecule has 20 heteroatoms. The minimum Gasteiger partial charge on any atom is -0.748 e. The lowest BCUT2D eigenvalue weighted by Gasteiger charge is -2.41. The molecule has 5 atom stereocenters. The number of aryl methyl sites for hydroxylation is 1. The molecular weight excluding hydrogens is 1010 g/mol. The second-order valence-electron chi connectivity index (χ2n) is 21.1. The number of carbonyl (C=O) groups is 6. The largest absolute Gasteiger partial charge is 0.748 e. The number of morpholine rings is 1. The van der Waals surface area contributed by atoms with Gasteiger partial charge in [-0.2, -0.15) is 15.4 Å². The molecule has 2 aliphatic heterocycles. The highest BCUT2D eigenvalue weighted by Gasteiger charge is 2.50. The number of quaternary nitrogens is 1. The third-order valence-corrected chi connectivity index (χ3v) is 13.3. The third kappa shape index (κ3) is 22.0. The summed E-state index contributed by atoms with van der Waals surface area (Å²) in [6, 6.07) is 22.9. The van der Waals surface area contributed by atoms with Crippen molar-refractivity contribution < 1.29 is 65.2 Å². The molecule has 2 amide bonds. The van der Waals surface area contributed by atoms with E-state index in [-0.39, 0.29) is 81.2 Å². The van der Waals surface area contributed by atoms with Crippen molar-refractivity contribution >= 4 is 45.3 Å². The SMILES string of the molecule is C.CCC(=O)Oc1ccc(C[N+]2(CC(=O)C[C@@H](CCc3ccccc3)C(=O)N[C@@H](CC(C)C)C(=O)C[C@@H](Cc3ccccc3)C(=O)N[C@@H](CC(C)C)C(=O)[C@@]3(C)CO3)CCOCC2)cc1OCc1cn[nH]n1.CS(=O)(=O)[O-]. The number of amides is 2. The highest BCUT2D eigenvalue weighted by Crippen LogP contribution is 2.33. The summed E-state index contributed by atoms with van der Waals surface area (Å²) >= 11 is 0. The summed E-state index contributed by atoms with van der Waals surface area (Å²) in [7, 11) is -3.92. The van der Waals surface area contributed by atoms with Crippen LogP contribution in [0.3, 0.4) is 0 Å². The number of hydrogen-bond acceptors (Lipinski definition) is 15. The maximum Gasteiger partial charge on any atom is 0.311 e. The number of aromatic nitrogens is 3. The van der Waals surface area contributed by atoms with Gasteiger partial charge in [0.05, 0.1) is 48.2 Å². The fraction of sp³-hybridized carbons (Fsp3) is 0.544. The number of benzene rings is 3.